The van der Waals surface area contributed by atoms with Crippen LogP contribution in [0.4, 0.5) is 0 Å². The summed E-state index contributed by atoms with van der Waals surface area (Å²) in [5, 5.41) is 5.20. The van der Waals surface area contributed by atoms with E-state index in [9.17, 15) is 0 Å². The van der Waals surface area contributed by atoms with Gasteiger partial charge >= 0.3 is 0 Å². The van der Waals surface area contributed by atoms with E-state index in [-0.39, 0.29) is 48.8 Å². The van der Waals surface area contributed by atoms with Gasteiger partial charge < -0.3 is 37.9 Å². The number of methoxy groups -OCH3 is 4. The van der Waals surface area contributed by atoms with Gasteiger partial charge in [0.15, 0.2) is 0 Å². The van der Waals surface area contributed by atoms with E-state index in [0.717, 1.165) is 0 Å². The highest BCUT2D eigenvalue weighted by atomic mass is 16.6. The number of rotatable bonds is 5. The standard InChI is InChI=1S/C20H14.2C8H14O4/c1-3-11-17-15(7-1)9-5-13-19(17)20-14-6-10-16-8-2-4-12-18(16)20;2*1-9-5-3-11-8-6(10-2)4-12-7(5)8/h1-14H;2*5-8H,3-4H2,1-2H3/t;5-,6+,7-,8-;5-,6-,7-,8-/m.11/s1. The highest BCUT2D eigenvalue weighted by Gasteiger charge is 2.49. The Hall–Kier alpha value is -2.92. The fourth-order valence-electron chi connectivity index (χ4n) is 6.59. The molecule has 8 nitrogen and oxygen atoms in total. The zero-order valence-electron chi connectivity index (χ0n) is 25.8. The summed E-state index contributed by atoms with van der Waals surface area (Å²) in [6, 6.07) is 30.2. The summed E-state index contributed by atoms with van der Waals surface area (Å²) in [5.41, 5.74) is 2.61. The van der Waals surface area contributed by atoms with Gasteiger partial charge in [0.05, 0.1) is 26.4 Å². The van der Waals surface area contributed by atoms with Crippen LogP contribution in [0.15, 0.2) is 84.9 Å². The first-order valence-corrected chi connectivity index (χ1v) is 15.2. The van der Waals surface area contributed by atoms with Crippen LogP contribution in [0.5, 0.6) is 0 Å². The van der Waals surface area contributed by atoms with E-state index in [2.05, 4.69) is 84.9 Å². The molecular formula is C36H42O8. The molecule has 0 aliphatic carbocycles. The van der Waals surface area contributed by atoms with Crippen LogP contribution in [-0.2, 0) is 37.9 Å². The quantitative estimate of drug-likeness (QED) is 0.305. The number of hydrogen-bond donors (Lipinski definition) is 0. The summed E-state index contributed by atoms with van der Waals surface area (Å²) in [7, 11) is 6.72. The Morgan fingerprint density at radius 2 is 0.705 bits per heavy atom. The predicted octanol–water partition coefficient (Wildman–Crippen LogP) is 5.29. The zero-order valence-corrected chi connectivity index (χ0v) is 25.8. The molecule has 4 heterocycles. The smallest absolute Gasteiger partial charge is 0.115 e. The molecule has 4 fully saturated rings. The second-order valence-corrected chi connectivity index (χ2v) is 11.3. The lowest BCUT2D eigenvalue weighted by Crippen LogP contribution is -2.32. The lowest BCUT2D eigenvalue weighted by molar-refractivity contribution is -0.0267. The molecule has 0 bridgehead atoms. The first-order valence-electron chi connectivity index (χ1n) is 15.2. The van der Waals surface area contributed by atoms with Crippen LogP contribution in [0.25, 0.3) is 32.7 Å². The second-order valence-electron chi connectivity index (χ2n) is 11.3. The van der Waals surface area contributed by atoms with Gasteiger partial charge in [-0.3, -0.25) is 0 Å². The molecule has 4 aromatic rings. The molecule has 0 unspecified atom stereocenters. The largest absolute Gasteiger partial charge is 0.376 e. The normalized spacial score (nSPS) is 30.4. The molecule has 0 spiro atoms. The molecule has 4 aromatic carbocycles. The van der Waals surface area contributed by atoms with Crippen molar-refractivity contribution in [1.82, 2.24) is 0 Å². The summed E-state index contributed by atoms with van der Waals surface area (Å²) in [4.78, 5) is 0. The van der Waals surface area contributed by atoms with Crippen molar-refractivity contribution in [3.8, 4) is 11.1 Å². The molecular weight excluding hydrogens is 560 g/mol. The Bertz CT molecular complexity index is 1350. The topological polar surface area (TPSA) is 73.8 Å². The molecule has 8 rings (SSSR count). The molecule has 0 saturated carbocycles. The van der Waals surface area contributed by atoms with Crippen LogP contribution in [0, 0.1) is 0 Å². The molecule has 8 heteroatoms. The van der Waals surface area contributed by atoms with Crippen molar-refractivity contribution in [1.29, 1.82) is 0 Å². The lowest BCUT2D eigenvalue weighted by atomic mass is 9.94. The number of benzene rings is 4. The Morgan fingerprint density at radius 1 is 0.409 bits per heavy atom. The first-order chi connectivity index (χ1) is 21.7. The third-order valence-corrected chi connectivity index (χ3v) is 9.01. The summed E-state index contributed by atoms with van der Waals surface area (Å²) in [6.45, 7) is 2.47. The van der Waals surface area contributed by atoms with E-state index in [1.807, 2.05) is 0 Å². The van der Waals surface area contributed by atoms with Crippen molar-refractivity contribution >= 4 is 21.5 Å². The Labute approximate surface area is 259 Å². The van der Waals surface area contributed by atoms with Gasteiger partial charge in [0.25, 0.3) is 0 Å². The van der Waals surface area contributed by atoms with E-state index in [1.165, 1.54) is 32.7 Å². The van der Waals surface area contributed by atoms with Crippen molar-refractivity contribution in [3.05, 3.63) is 84.9 Å². The monoisotopic (exact) mass is 602 g/mol. The van der Waals surface area contributed by atoms with Crippen LogP contribution in [-0.4, -0.2) is 104 Å². The van der Waals surface area contributed by atoms with E-state index in [0.29, 0.717) is 26.4 Å². The molecule has 0 amide bonds. The fraction of sp³-hybridized carbons (Fsp3) is 0.444. The molecule has 4 aliphatic rings. The highest BCUT2D eigenvalue weighted by molar-refractivity contribution is 6.05. The van der Waals surface area contributed by atoms with E-state index >= 15 is 0 Å². The second kappa shape index (κ2) is 14.5. The molecule has 0 radical (unpaired) electrons. The number of hydrogen-bond acceptors (Lipinski definition) is 8. The summed E-state index contributed by atoms with van der Waals surface area (Å²) in [5.74, 6) is 0. The Balaban J connectivity index is 0.000000124. The minimum absolute atomic E-state index is 0.0694. The minimum Gasteiger partial charge on any atom is -0.376 e. The molecule has 0 N–H and O–H groups in total. The third-order valence-electron chi connectivity index (χ3n) is 9.01. The average molecular weight is 603 g/mol. The summed E-state index contributed by atoms with van der Waals surface area (Å²) >= 11 is 0. The molecule has 4 saturated heterocycles. The van der Waals surface area contributed by atoms with E-state index < -0.39 is 0 Å². The van der Waals surface area contributed by atoms with E-state index in [1.54, 1.807) is 28.4 Å². The molecule has 0 aromatic heterocycles. The highest BCUT2D eigenvalue weighted by Crippen LogP contribution is 2.34. The van der Waals surface area contributed by atoms with Gasteiger partial charge in [0, 0.05) is 28.4 Å². The molecule has 8 atom stereocenters. The van der Waals surface area contributed by atoms with Crippen molar-refractivity contribution in [2.75, 3.05) is 54.9 Å². The lowest BCUT2D eigenvalue weighted by Gasteiger charge is -2.14. The van der Waals surface area contributed by atoms with Crippen molar-refractivity contribution < 1.29 is 37.9 Å². The van der Waals surface area contributed by atoms with Crippen LogP contribution in [0.1, 0.15) is 0 Å². The summed E-state index contributed by atoms with van der Waals surface area (Å²) < 4.78 is 42.9. The van der Waals surface area contributed by atoms with Gasteiger partial charge in [-0.25, -0.2) is 0 Å². The molecule has 44 heavy (non-hydrogen) atoms. The number of ether oxygens (including phenoxy) is 8. The Morgan fingerprint density at radius 3 is 1.02 bits per heavy atom. The molecule has 234 valence electrons. The Kier molecular flexibility index (Phi) is 10.2. The summed E-state index contributed by atoms with van der Waals surface area (Å²) in [6.07, 6.45) is 0.593. The van der Waals surface area contributed by atoms with Crippen molar-refractivity contribution in [2.24, 2.45) is 0 Å². The zero-order chi connectivity index (χ0) is 30.5. The predicted molar refractivity (Wildman–Crippen MR) is 169 cm³/mol. The number of fused-ring (bicyclic) bond motifs is 4. The SMILES string of the molecule is CO[C@@H]1CO[C@H]2[C@@H]1OC[C@H]2OC.CO[C@H]1CO[C@H]2[C@@H]1OC[C@H]2OC.c1ccc2c(-c3cccc4ccccc34)cccc2c1. The van der Waals surface area contributed by atoms with Crippen LogP contribution in [0.2, 0.25) is 0 Å². The minimum atomic E-state index is 0.0694. The average Bonchev–Trinajstić information content (AvgIpc) is 3.87. The van der Waals surface area contributed by atoms with Crippen molar-refractivity contribution in [3.63, 3.8) is 0 Å². The van der Waals surface area contributed by atoms with Crippen LogP contribution < -0.4 is 0 Å². The van der Waals surface area contributed by atoms with Gasteiger partial charge in [0.1, 0.15) is 48.8 Å². The van der Waals surface area contributed by atoms with Gasteiger partial charge in [-0.1, -0.05) is 84.9 Å². The maximum Gasteiger partial charge on any atom is 0.115 e. The van der Waals surface area contributed by atoms with Gasteiger partial charge in [-0.05, 0) is 32.7 Å². The maximum atomic E-state index is 5.51. The molecule has 4 aliphatic heterocycles. The fourth-order valence-corrected chi connectivity index (χ4v) is 6.59. The first kappa shape index (κ1) is 31.1. The van der Waals surface area contributed by atoms with Gasteiger partial charge in [-0.15, -0.1) is 0 Å². The van der Waals surface area contributed by atoms with Crippen LogP contribution in [0.3, 0.4) is 0 Å². The van der Waals surface area contributed by atoms with Crippen LogP contribution >= 0.6 is 0 Å². The van der Waals surface area contributed by atoms with Gasteiger partial charge in [-0.2, -0.15) is 0 Å². The van der Waals surface area contributed by atoms with Crippen molar-refractivity contribution in [2.45, 2.75) is 48.8 Å². The third kappa shape index (κ3) is 6.27. The van der Waals surface area contributed by atoms with E-state index in [4.69, 9.17) is 37.9 Å². The maximum absolute atomic E-state index is 5.51. The van der Waals surface area contributed by atoms with Gasteiger partial charge in [0.2, 0.25) is 0 Å².